The normalized spacial score (nSPS) is 10.4. The Morgan fingerprint density at radius 2 is 0.202 bits per heavy atom. The van der Waals surface area contributed by atoms with Crippen molar-refractivity contribution in [1.82, 2.24) is 0 Å². The first-order chi connectivity index (χ1) is 56.0. The van der Waals surface area contributed by atoms with Gasteiger partial charge in [-0.1, -0.05) is 534 Å². The summed E-state index contributed by atoms with van der Waals surface area (Å²) < 4.78 is 0. The van der Waals surface area contributed by atoms with Crippen molar-refractivity contribution in [3.63, 3.8) is 0 Å². The van der Waals surface area contributed by atoms with Crippen molar-refractivity contribution in [3.8, 4) is 0 Å². The maximum Gasteiger partial charge on any atom is 3.00 e. The van der Waals surface area contributed by atoms with E-state index >= 15 is 0 Å². The molecule has 0 saturated carbocycles. The average Bonchev–Trinajstić information content (AvgIpc) is 0.967. The summed E-state index contributed by atoms with van der Waals surface area (Å²) >= 11 is 0. The monoisotopic (exact) mass is 1870 g/mol. The molecule has 0 radical (unpaired) electrons. The Morgan fingerprint density at radius 1 is 0.126 bits per heavy atom. The van der Waals surface area contributed by atoms with E-state index < -0.39 is 0 Å². The van der Waals surface area contributed by atoms with E-state index in [0.29, 0.717) is 0 Å². The van der Waals surface area contributed by atoms with Crippen molar-refractivity contribution in [2.75, 3.05) is 0 Å². The summed E-state index contributed by atoms with van der Waals surface area (Å²) in [4.78, 5) is 0. The molecule has 11 heteroatoms. The van der Waals surface area contributed by atoms with Gasteiger partial charge >= 0.3 is 16.8 Å². The number of hydrogen-bond donors (Lipinski definition) is 0. The molecule has 0 bridgehead atoms. The van der Waals surface area contributed by atoms with E-state index in [1.54, 1.807) is 0 Å². The summed E-state index contributed by atoms with van der Waals surface area (Å²) in [5.74, 6) is 0. The van der Waals surface area contributed by atoms with Crippen molar-refractivity contribution in [2.24, 2.45) is 0 Å². The van der Waals surface area contributed by atoms with Crippen LogP contribution in [0, 0.1) is 0 Å². The van der Waals surface area contributed by atoms with Gasteiger partial charge < -0.3 is 49.6 Å². The Kier molecular flexibility index (Phi) is 108. The molecule has 0 saturated heterocycles. The van der Waals surface area contributed by atoms with Gasteiger partial charge in [0.2, 0.25) is 0 Å². The molecule has 0 aromatic heterocycles. The predicted octanol–water partition coefficient (Wildman–Crippen LogP) is 21.9. The third-order valence-corrected chi connectivity index (χ3v) is 25.1. The minimum absolute atomic E-state index is 0. The number of unbranched alkanes of at least 4 members (excludes halogenated alkanes) is 54. The second-order valence-electron chi connectivity index (χ2n) is 34.0. The van der Waals surface area contributed by atoms with Gasteiger partial charge in [-0.05, 0) is 142 Å². The SMILES string of the molecule is CCCCCCCCCCCCc1ccc(P)cc1.CCCCCCCCCCCCc1ccc(P)cc1.CCCCCCCCCCCCc1ccc(P)cc1.CCCCCCCCCCCCc1ccc(P)cc1.CCCCCCCCCCCCc1ccc(P)cc1.CCCCCCCCCCCCc1ccc(P)cc1.[Cl-].[Cl-].[Cl-].[Cl-].[Co+3]. The molecule has 0 fully saturated rings. The van der Waals surface area contributed by atoms with E-state index in [-0.39, 0.29) is 66.4 Å². The number of rotatable bonds is 66. The van der Waals surface area contributed by atoms with Crippen LogP contribution in [0.1, 0.15) is 460 Å². The van der Waals surface area contributed by atoms with Crippen LogP contribution in [0.5, 0.6) is 0 Å². The maximum absolute atomic E-state index is 2.74. The van der Waals surface area contributed by atoms with Crippen LogP contribution in [-0.4, -0.2) is 0 Å². The van der Waals surface area contributed by atoms with Crippen LogP contribution in [0.25, 0.3) is 0 Å². The molecule has 6 aromatic carbocycles. The van der Waals surface area contributed by atoms with Gasteiger partial charge in [-0.3, -0.25) is 0 Å². The van der Waals surface area contributed by atoms with Gasteiger partial charge in [0.1, 0.15) is 0 Å². The van der Waals surface area contributed by atoms with Gasteiger partial charge in [-0.25, -0.2) is 0 Å². The molecule has 0 aliphatic carbocycles. The molecule has 0 aliphatic rings. The van der Waals surface area contributed by atoms with Crippen molar-refractivity contribution in [3.05, 3.63) is 179 Å². The average molecular weight is 1870 g/mol. The molecule has 6 atom stereocenters. The van der Waals surface area contributed by atoms with E-state index in [9.17, 15) is 0 Å². The van der Waals surface area contributed by atoms with Crippen LogP contribution in [0.15, 0.2) is 146 Å². The summed E-state index contributed by atoms with van der Waals surface area (Å²) in [6.45, 7) is 13.7. The molecule has 0 N–H and O–H groups in total. The van der Waals surface area contributed by atoms with Crippen molar-refractivity contribution in [1.29, 1.82) is 0 Å². The Labute approximate surface area is 791 Å². The standard InChI is InChI=1S/6C18H31P.4ClH.Co/c6*1-2-3-4-5-6-7-8-9-10-11-12-17-13-15-18(19)16-14-17;;;;;/h6*13-16H,2-12,19H2,1H3;4*1H;/q;;;;;;;;;;+3/p-4. The quantitative estimate of drug-likeness (QED) is 0.0264. The zero-order valence-corrected chi connectivity index (χ0v) is 88.8. The Morgan fingerprint density at radius 3 is 0.286 bits per heavy atom. The smallest absolute Gasteiger partial charge is 1.00 e. The van der Waals surface area contributed by atoms with E-state index in [0.717, 1.165) is 0 Å². The molecule has 0 aliphatic heterocycles. The fourth-order valence-corrected chi connectivity index (χ4v) is 16.2. The summed E-state index contributed by atoms with van der Waals surface area (Å²) in [5, 5.41) is 7.70. The van der Waals surface area contributed by atoms with Gasteiger partial charge in [0, 0.05) is 0 Å². The Bertz CT molecular complexity index is 2350. The van der Waals surface area contributed by atoms with Crippen LogP contribution in [-0.2, 0) is 55.3 Å². The van der Waals surface area contributed by atoms with Gasteiger partial charge in [-0.2, -0.15) is 0 Å². The zero-order valence-electron chi connectivity index (χ0n) is 77.8. The molecule has 119 heavy (non-hydrogen) atoms. The molecule has 0 heterocycles. The summed E-state index contributed by atoms with van der Waals surface area (Å²) in [7, 11) is 16.5. The predicted molar refractivity (Wildman–Crippen MR) is 548 cm³/mol. The van der Waals surface area contributed by atoms with E-state index in [4.69, 9.17) is 0 Å². The van der Waals surface area contributed by atoms with E-state index in [2.05, 4.69) is 243 Å². The molecule has 6 aromatic rings. The first-order valence-corrected chi connectivity index (χ1v) is 52.5. The van der Waals surface area contributed by atoms with Crippen molar-refractivity contribution in [2.45, 2.75) is 465 Å². The minimum Gasteiger partial charge on any atom is -1.00 e. The second kappa shape index (κ2) is 101. The van der Waals surface area contributed by atoms with Gasteiger partial charge in [0.15, 0.2) is 0 Å². The van der Waals surface area contributed by atoms with Gasteiger partial charge in [0.05, 0.1) is 0 Å². The molecule has 0 nitrogen and oxygen atoms in total. The molecule has 6 rings (SSSR count). The molecule has 6 unspecified atom stereocenters. The minimum atomic E-state index is 0. The number of aryl methyl sites for hydroxylation is 6. The van der Waals surface area contributed by atoms with Crippen LogP contribution < -0.4 is 81.5 Å². The van der Waals surface area contributed by atoms with Gasteiger partial charge in [-0.15, -0.1) is 55.4 Å². The molecular weight excluding hydrogens is 1680 g/mol. The first-order valence-electron chi connectivity index (χ1n) is 49.0. The summed E-state index contributed by atoms with van der Waals surface area (Å²) in [5.41, 5.74) is 8.95. The van der Waals surface area contributed by atoms with Crippen molar-refractivity contribution < 1.29 is 66.4 Å². The third-order valence-electron chi connectivity index (χ3n) is 22.8. The van der Waals surface area contributed by atoms with E-state index in [1.807, 2.05) is 0 Å². The fraction of sp³-hybridized carbons (Fsp3) is 0.667. The van der Waals surface area contributed by atoms with Crippen LogP contribution in [0.3, 0.4) is 0 Å². The molecule has 686 valence electrons. The molecule has 0 spiro atoms. The number of halogens is 4. The van der Waals surface area contributed by atoms with Crippen LogP contribution in [0.2, 0.25) is 0 Å². The van der Waals surface area contributed by atoms with Gasteiger partial charge in [0.25, 0.3) is 0 Å². The Balaban J connectivity index is -0.000000433. The summed E-state index contributed by atoms with van der Waals surface area (Å²) in [6.07, 6.45) is 92.8. The topological polar surface area (TPSA) is 0 Å². The second-order valence-corrected chi connectivity index (χ2v) is 38.0. The third kappa shape index (κ3) is 90.7. The molecule has 0 amide bonds. The van der Waals surface area contributed by atoms with E-state index in [1.165, 1.54) is 489 Å². The molecular formula is C108H186Cl4CoP6-. The largest absolute Gasteiger partial charge is 3.00 e. The Hall–Kier alpha value is -0.434. The van der Waals surface area contributed by atoms with Crippen LogP contribution >= 0.6 is 55.4 Å². The number of benzene rings is 6. The van der Waals surface area contributed by atoms with Crippen LogP contribution in [0.4, 0.5) is 0 Å². The maximum atomic E-state index is 2.74. The number of hydrogen-bond acceptors (Lipinski definition) is 0. The first kappa shape index (κ1) is 127. The van der Waals surface area contributed by atoms with Crippen molar-refractivity contribution >= 4 is 87.3 Å². The zero-order chi connectivity index (χ0) is 82.6. The fourth-order valence-electron chi connectivity index (χ4n) is 15.0. The summed E-state index contributed by atoms with van der Waals surface area (Å²) in [6, 6.07) is 53.4.